The summed E-state index contributed by atoms with van der Waals surface area (Å²) in [5.41, 5.74) is 3.99. The van der Waals surface area contributed by atoms with Gasteiger partial charge in [0.25, 0.3) is 5.91 Å². The van der Waals surface area contributed by atoms with Crippen molar-refractivity contribution < 1.29 is 14.3 Å². The number of rotatable bonds is 4. The van der Waals surface area contributed by atoms with E-state index in [9.17, 15) is 4.79 Å². The maximum Gasteiger partial charge on any atom is 0.254 e. The Hall–Kier alpha value is -2.05. The minimum Gasteiger partial charge on any atom is -0.376 e. The number of fused-ring (bicyclic) bond motifs is 1. The van der Waals surface area contributed by atoms with Crippen LogP contribution in [0.4, 0.5) is 0 Å². The van der Waals surface area contributed by atoms with E-state index >= 15 is 0 Å². The van der Waals surface area contributed by atoms with Crippen LogP contribution >= 0.6 is 0 Å². The van der Waals surface area contributed by atoms with Gasteiger partial charge in [-0.15, -0.1) is 0 Å². The maximum atomic E-state index is 12.9. The summed E-state index contributed by atoms with van der Waals surface area (Å²) < 4.78 is 11.3. The number of nitrogens with zero attached hydrogens (tertiary/aromatic N) is 3. The van der Waals surface area contributed by atoms with Crippen LogP contribution < -0.4 is 0 Å². The molecule has 0 spiro atoms. The molecule has 0 saturated carbocycles. The number of aromatic nitrogens is 2. The van der Waals surface area contributed by atoms with Crippen molar-refractivity contribution in [3.63, 3.8) is 0 Å². The number of carbonyl (C=O) groups excluding carboxylic acids is 1. The van der Waals surface area contributed by atoms with Gasteiger partial charge in [0, 0.05) is 18.7 Å². The summed E-state index contributed by atoms with van der Waals surface area (Å²) in [5, 5.41) is 0. The van der Waals surface area contributed by atoms with E-state index in [4.69, 9.17) is 9.47 Å². The number of benzene rings is 1. The second-order valence-electron chi connectivity index (χ2n) is 6.72. The summed E-state index contributed by atoms with van der Waals surface area (Å²) in [5.74, 6) is -0.000208. The zero-order chi connectivity index (χ0) is 18.0. The highest BCUT2D eigenvalue weighted by atomic mass is 16.5. The average molecular weight is 343 g/mol. The van der Waals surface area contributed by atoms with E-state index in [1.807, 2.05) is 50.8 Å². The summed E-state index contributed by atoms with van der Waals surface area (Å²) in [4.78, 5) is 23.8. The molecule has 0 radical (unpaired) electrons. The molecule has 1 aromatic carbocycles. The van der Waals surface area contributed by atoms with Crippen LogP contribution in [0.15, 0.2) is 18.2 Å². The smallest absolute Gasteiger partial charge is 0.254 e. The lowest BCUT2D eigenvalue weighted by molar-refractivity contribution is -0.0725. The third kappa shape index (κ3) is 4.14. The van der Waals surface area contributed by atoms with Crippen LogP contribution in [0.2, 0.25) is 0 Å². The van der Waals surface area contributed by atoms with Gasteiger partial charge in [0.2, 0.25) is 0 Å². The van der Waals surface area contributed by atoms with E-state index in [-0.39, 0.29) is 18.1 Å². The van der Waals surface area contributed by atoms with E-state index in [1.165, 1.54) is 0 Å². The largest absolute Gasteiger partial charge is 0.376 e. The first-order valence-corrected chi connectivity index (χ1v) is 8.71. The molecule has 6 nitrogen and oxygen atoms in total. The molecule has 1 aliphatic heterocycles. The highest BCUT2D eigenvalue weighted by molar-refractivity contribution is 5.97. The van der Waals surface area contributed by atoms with E-state index in [0.717, 1.165) is 22.4 Å². The quantitative estimate of drug-likeness (QED) is 0.853. The van der Waals surface area contributed by atoms with E-state index < -0.39 is 0 Å². The Bertz CT molecular complexity index is 776. The van der Waals surface area contributed by atoms with Crippen LogP contribution in [0.5, 0.6) is 0 Å². The first-order valence-electron chi connectivity index (χ1n) is 8.71. The van der Waals surface area contributed by atoms with Crippen molar-refractivity contribution in [2.75, 3.05) is 26.3 Å². The summed E-state index contributed by atoms with van der Waals surface area (Å²) in [6, 6.07) is 5.51. The molecule has 1 amide bonds. The van der Waals surface area contributed by atoms with Crippen LogP contribution in [0.1, 0.15) is 35.6 Å². The third-order valence-corrected chi connectivity index (χ3v) is 4.36. The van der Waals surface area contributed by atoms with Crippen molar-refractivity contribution in [2.45, 2.75) is 39.9 Å². The Morgan fingerprint density at radius 1 is 1.28 bits per heavy atom. The molecule has 1 saturated heterocycles. The first kappa shape index (κ1) is 17.8. The molecule has 6 heteroatoms. The molecule has 0 N–H and O–H groups in total. The lowest BCUT2D eigenvalue weighted by atomic mass is 10.1. The zero-order valence-electron chi connectivity index (χ0n) is 15.3. The topological polar surface area (TPSA) is 64.6 Å². The number of amides is 1. The molecule has 25 heavy (non-hydrogen) atoms. The highest BCUT2D eigenvalue weighted by Crippen LogP contribution is 2.17. The van der Waals surface area contributed by atoms with Crippen LogP contribution in [0.25, 0.3) is 11.0 Å². The average Bonchev–Trinajstić information content (AvgIpc) is 2.60. The Balaban J connectivity index is 1.75. The molecular formula is C19H25N3O3. The van der Waals surface area contributed by atoms with E-state index in [1.54, 1.807) is 0 Å². The molecule has 3 rings (SSSR count). The summed E-state index contributed by atoms with van der Waals surface area (Å²) in [6.45, 7) is 10.0. The van der Waals surface area contributed by atoms with Gasteiger partial charge in [-0.1, -0.05) is 0 Å². The van der Waals surface area contributed by atoms with Gasteiger partial charge in [0.05, 0.1) is 47.8 Å². The molecule has 1 fully saturated rings. The number of aryl methyl sites for hydroxylation is 2. The van der Waals surface area contributed by atoms with Crippen molar-refractivity contribution >= 4 is 16.9 Å². The molecule has 2 heterocycles. The molecule has 2 aromatic rings. The van der Waals surface area contributed by atoms with Crippen molar-refractivity contribution in [1.29, 1.82) is 0 Å². The molecule has 0 aliphatic carbocycles. The maximum absolute atomic E-state index is 12.9. The molecule has 1 aromatic heterocycles. The standard InChI is InChI=1S/C19H25N3O3/c1-12(2)25-11-16-10-22(7-8-24-16)19(23)15-5-6-17-18(9-15)21-14(4)13(3)20-17/h5-6,9,12,16H,7-8,10-11H2,1-4H3. The minimum atomic E-state index is -0.0785. The van der Waals surface area contributed by atoms with Gasteiger partial charge in [0.15, 0.2) is 0 Å². The second kappa shape index (κ2) is 7.45. The van der Waals surface area contributed by atoms with Gasteiger partial charge in [-0.25, -0.2) is 9.97 Å². The molecule has 134 valence electrons. The molecule has 1 aliphatic rings. The van der Waals surface area contributed by atoms with E-state index in [2.05, 4.69) is 9.97 Å². The number of carbonyl (C=O) groups is 1. The molecule has 1 atom stereocenters. The second-order valence-corrected chi connectivity index (χ2v) is 6.72. The van der Waals surface area contributed by atoms with Crippen LogP contribution in [-0.4, -0.2) is 59.3 Å². The predicted molar refractivity (Wildman–Crippen MR) is 95.7 cm³/mol. The SMILES string of the molecule is Cc1nc2ccc(C(=O)N3CCOC(COC(C)C)C3)cc2nc1C. The number of ether oxygens (including phenoxy) is 2. The van der Waals surface area contributed by atoms with E-state index in [0.29, 0.717) is 31.9 Å². The Labute approximate surface area is 148 Å². The molecule has 1 unspecified atom stereocenters. The van der Waals surface area contributed by atoms with Gasteiger partial charge >= 0.3 is 0 Å². The van der Waals surface area contributed by atoms with Gasteiger partial charge < -0.3 is 14.4 Å². The van der Waals surface area contributed by atoms with Crippen LogP contribution in [0.3, 0.4) is 0 Å². The predicted octanol–water partition coefficient (Wildman–Crippen LogP) is 2.51. The van der Waals surface area contributed by atoms with Crippen molar-refractivity contribution in [2.24, 2.45) is 0 Å². The Morgan fingerprint density at radius 3 is 2.72 bits per heavy atom. The summed E-state index contributed by atoms with van der Waals surface area (Å²) in [6.07, 6.45) is 0.0747. The fourth-order valence-electron chi connectivity index (χ4n) is 2.85. The number of hydrogen-bond acceptors (Lipinski definition) is 5. The normalized spacial score (nSPS) is 18.1. The molecular weight excluding hydrogens is 318 g/mol. The number of morpholine rings is 1. The fraction of sp³-hybridized carbons (Fsp3) is 0.526. The lowest BCUT2D eigenvalue weighted by Gasteiger charge is -2.33. The van der Waals surface area contributed by atoms with Gasteiger partial charge in [-0.3, -0.25) is 4.79 Å². The highest BCUT2D eigenvalue weighted by Gasteiger charge is 2.25. The lowest BCUT2D eigenvalue weighted by Crippen LogP contribution is -2.47. The fourth-order valence-corrected chi connectivity index (χ4v) is 2.85. The summed E-state index contributed by atoms with van der Waals surface area (Å²) in [7, 11) is 0. The first-order chi connectivity index (χ1) is 11.9. The Kier molecular flexibility index (Phi) is 5.30. The zero-order valence-corrected chi connectivity index (χ0v) is 15.3. The summed E-state index contributed by atoms with van der Waals surface area (Å²) >= 11 is 0. The van der Waals surface area contributed by atoms with Crippen molar-refractivity contribution in [3.05, 3.63) is 35.2 Å². The van der Waals surface area contributed by atoms with Crippen molar-refractivity contribution in [1.82, 2.24) is 14.9 Å². The third-order valence-electron chi connectivity index (χ3n) is 4.36. The van der Waals surface area contributed by atoms with Gasteiger partial charge in [-0.05, 0) is 45.9 Å². The monoisotopic (exact) mass is 343 g/mol. The van der Waals surface area contributed by atoms with Crippen molar-refractivity contribution in [3.8, 4) is 0 Å². The van der Waals surface area contributed by atoms with Gasteiger partial charge in [0.1, 0.15) is 0 Å². The van der Waals surface area contributed by atoms with Crippen LogP contribution in [-0.2, 0) is 9.47 Å². The Morgan fingerprint density at radius 2 is 2.00 bits per heavy atom. The molecule has 0 bridgehead atoms. The number of hydrogen-bond donors (Lipinski definition) is 0. The van der Waals surface area contributed by atoms with Gasteiger partial charge in [-0.2, -0.15) is 0 Å². The van der Waals surface area contributed by atoms with Crippen LogP contribution in [0, 0.1) is 13.8 Å². The minimum absolute atomic E-state index is 0.000208.